The molecule has 3 aliphatic rings. The summed E-state index contributed by atoms with van der Waals surface area (Å²) in [6, 6.07) is 2.84. The molecule has 39 heavy (non-hydrogen) atoms. The van der Waals surface area contributed by atoms with Crippen molar-refractivity contribution in [1.82, 2.24) is 4.90 Å². The van der Waals surface area contributed by atoms with E-state index in [0.717, 1.165) is 5.56 Å². The molecule has 4 rings (SSSR count). The third kappa shape index (κ3) is 4.60. The van der Waals surface area contributed by atoms with Crippen LogP contribution in [-0.4, -0.2) is 97.9 Å². The Hall–Kier alpha value is -3.68. The van der Waals surface area contributed by atoms with Crippen molar-refractivity contribution in [3.8, 4) is 11.5 Å². The number of phenols is 1. The van der Waals surface area contributed by atoms with Crippen LogP contribution in [0.3, 0.4) is 0 Å². The molecule has 0 aromatic heterocycles. The van der Waals surface area contributed by atoms with Gasteiger partial charge in [-0.3, -0.25) is 9.59 Å². The van der Waals surface area contributed by atoms with Crippen LogP contribution in [0.15, 0.2) is 24.0 Å². The molecule has 1 aromatic carbocycles. The third-order valence-electron chi connectivity index (χ3n) is 8.09. The minimum atomic E-state index is -2.07. The van der Waals surface area contributed by atoms with E-state index in [1.165, 1.54) is 12.1 Å². The van der Waals surface area contributed by atoms with Crippen LogP contribution in [0.2, 0.25) is 0 Å². The molecule has 13 heteroatoms. The van der Waals surface area contributed by atoms with Crippen LogP contribution < -0.4 is 4.74 Å². The van der Waals surface area contributed by atoms with Crippen molar-refractivity contribution in [2.75, 3.05) is 13.6 Å². The number of aliphatic carboxylic acids is 2. The van der Waals surface area contributed by atoms with Gasteiger partial charge >= 0.3 is 23.9 Å². The van der Waals surface area contributed by atoms with Crippen molar-refractivity contribution in [2.24, 2.45) is 0 Å². The Kier molecular flexibility index (Phi) is 7.36. The first-order valence-electron chi connectivity index (χ1n) is 12.4. The van der Waals surface area contributed by atoms with E-state index >= 15 is 0 Å². The van der Waals surface area contributed by atoms with Crippen LogP contribution in [0, 0.1) is 6.92 Å². The average Bonchev–Trinajstić information content (AvgIpc) is 3.23. The van der Waals surface area contributed by atoms with Crippen molar-refractivity contribution >= 4 is 23.9 Å². The Morgan fingerprint density at radius 3 is 2.54 bits per heavy atom. The van der Waals surface area contributed by atoms with E-state index in [2.05, 4.69) is 4.74 Å². The number of carbonyl (C=O) groups excluding carboxylic acids is 2. The second-order valence-corrected chi connectivity index (χ2v) is 10.3. The van der Waals surface area contributed by atoms with E-state index in [-0.39, 0.29) is 29.7 Å². The Bertz CT molecular complexity index is 1240. The molecular weight excluding hydrogens is 518 g/mol. The summed E-state index contributed by atoms with van der Waals surface area (Å²) in [5.74, 6) is -5.78. The number of fused-ring (bicyclic) bond motifs is 1. The van der Waals surface area contributed by atoms with Gasteiger partial charge in [-0.25, -0.2) is 9.59 Å². The van der Waals surface area contributed by atoms with Gasteiger partial charge in [0.1, 0.15) is 5.76 Å². The van der Waals surface area contributed by atoms with Gasteiger partial charge in [-0.15, -0.1) is 0 Å². The van der Waals surface area contributed by atoms with E-state index in [1.807, 2.05) is 25.8 Å². The fourth-order valence-corrected chi connectivity index (χ4v) is 5.98. The summed E-state index contributed by atoms with van der Waals surface area (Å²) in [5.41, 5.74) is -1.09. The number of aliphatic hydroxyl groups is 2. The van der Waals surface area contributed by atoms with Crippen molar-refractivity contribution in [3.05, 3.63) is 35.1 Å². The maximum Gasteiger partial charge on any atom is 0.345 e. The van der Waals surface area contributed by atoms with Crippen LogP contribution in [0.4, 0.5) is 0 Å². The Morgan fingerprint density at radius 1 is 1.21 bits per heavy atom. The van der Waals surface area contributed by atoms with Crippen molar-refractivity contribution in [1.29, 1.82) is 0 Å². The number of benzene rings is 1. The number of carboxylic acids is 2. The van der Waals surface area contributed by atoms with Crippen LogP contribution >= 0.6 is 0 Å². The molecule has 1 fully saturated rings. The highest BCUT2D eigenvalue weighted by Crippen LogP contribution is 2.62. The molecule has 2 heterocycles. The first-order chi connectivity index (χ1) is 18.2. The quantitative estimate of drug-likeness (QED) is 0.276. The number of aromatic hydroxyl groups is 1. The predicted molar refractivity (Wildman–Crippen MR) is 130 cm³/mol. The topological polar surface area (TPSA) is 200 Å². The lowest BCUT2D eigenvalue weighted by Crippen LogP contribution is -2.71. The summed E-state index contributed by atoms with van der Waals surface area (Å²) in [6.07, 6.45) is -5.15. The number of ether oxygens (including phenoxy) is 3. The summed E-state index contributed by atoms with van der Waals surface area (Å²) in [4.78, 5) is 48.8. The van der Waals surface area contributed by atoms with Gasteiger partial charge in [0.05, 0.1) is 23.9 Å². The number of likely N-dealkylation sites (N-methyl/N-ethyl adjacent to an activating group) is 1. The van der Waals surface area contributed by atoms with E-state index in [0.29, 0.717) is 18.5 Å². The number of hydrogen-bond donors (Lipinski definition) is 5. The zero-order valence-electron chi connectivity index (χ0n) is 21.6. The molecule has 1 spiro atoms. The van der Waals surface area contributed by atoms with Crippen LogP contribution in [0.1, 0.15) is 43.7 Å². The number of aliphatic hydroxyl groups excluding tert-OH is 1. The minimum Gasteiger partial charge on any atom is -0.504 e. The molecule has 0 unspecified atom stereocenters. The largest absolute Gasteiger partial charge is 0.504 e. The highest BCUT2D eigenvalue weighted by Gasteiger charge is 2.69. The number of nitrogens with zero attached hydrogens (tertiary/aromatic N) is 1. The number of likely N-dealkylation sites (tertiary alicyclic amines) is 1. The van der Waals surface area contributed by atoms with Crippen LogP contribution in [-0.2, 0) is 34.1 Å². The Morgan fingerprint density at radius 2 is 1.90 bits per heavy atom. The molecular formula is C26H31NO12. The van der Waals surface area contributed by atoms with Gasteiger partial charge < -0.3 is 44.6 Å². The monoisotopic (exact) mass is 549 g/mol. The fourth-order valence-electron chi connectivity index (χ4n) is 5.98. The van der Waals surface area contributed by atoms with Gasteiger partial charge in [0.2, 0.25) is 6.10 Å². The van der Waals surface area contributed by atoms with E-state index in [1.54, 1.807) is 6.07 Å². The highest BCUT2D eigenvalue weighted by molar-refractivity contribution is 5.85. The molecule has 5 N–H and O–H groups in total. The summed E-state index contributed by atoms with van der Waals surface area (Å²) < 4.78 is 16.2. The zero-order valence-corrected chi connectivity index (χ0v) is 21.6. The van der Waals surface area contributed by atoms with Crippen molar-refractivity contribution < 1.29 is 58.9 Å². The summed E-state index contributed by atoms with van der Waals surface area (Å²) in [6.45, 7) is 4.27. The van der Waals surface area contributed by atoms with Gasteiger partial charge in [-0.05, 0) is 51.6 Å². The van der Waals surface area contributed by atoms with E-state index < -0.39 is 66.0 Å². The number of rotatable bonds is 8. The lowest BCUT2D eigenvalue weighted by Gasteiger charge is -2.58. The molecule has 1 aliphatic carbocycles. The van der Waals surface area contributed by atoms with Gasteiger partial charge in [0.15, 0.2) is 23.7 Å². The molecule has 0 saturated carbocycles. The van der Waals surface area contributed by atoms with Crippen LogP contribution in [0.25, 0.3) is 0 Å². The number of carboxylic acid groups (broad SMARTS) is 2. The third-order valence-corrected chi connectivity index (χ3v) is 8.09. The van der Waals surface area contributed by atoms with Gasteiger partial charge in [0.25, 0.3) is 0 Å². The fraction of sp³-hybridized carbons (Fsp3) is 0.538. The Balaban J connectivity index is 1.58. The standard InChI is InChI=1S/C26H31NO12/c1-12-4-5-14(28)21-20(12)25-8-9-27(3)13(2)26(25,36)7-6-16(22(25)39-21)38-24(35)15(29)10-19(32)37-17(23(33)34)11-18(30)31/h4-6,13,15,17,22,28-29,36H,7-11H2,1-3H3,(H,30,31)(H,33,34)/t13-,15+,17-,22+,25+,26-/m1/s1. The van der Waals surface area contributed by atoms with Crippen molar-refractivity contribution in [3.63, 3.8) is 0 Å². The molecule has 212 valence electrons. The molecule has 0 amide bonds. The molecule has 1 aromatic rings. The predicted octanol–water partition coefficient (Wildman–Crippen LogP) is 0.207. The molecule has 0 radical (unpaired) electrons. The smallest absolute Gasteiger partial charge is 0.345 e. The SMILES string of the molecule is Cc1ccc(O)c2c1[C@]13CCN(C)[C@H](C)[C@]1(O)CC=C(OC(=O)[C@@H](O)CC(=O)O[C@H](CC(=O)O)C(=O)O)[C@@H]3O2. The zero-order chi connectivity index (χ0) is 28.9. The highest BCUT2D eigenvalue weighted by atomic mass is 16.6. The number of phenolic OH excluding ortho intramolecular Hbond substituents is 1. The lowest BCUT2D eigenvalue weighted by atomic mass is 9.54. The molecule has 6 atom stereocenters. The second kappa shape index (κ2) is 10.1. The van der Waals surface area contributed by atoms with Gasteiger partial charge in [0, 0.05) is 18.0 Å². The Labute approximate surface area is 223 Å². The van der Waals surface area contributed by atoms with Gasteiger partial charge in [-0.2, -0.15) is 0 Å². The maximum absolute atomic E-state index is 12.8. The average molecular weight is 550 g/mol. The van der Waals surface area contributed by atoms with Gasteiger partial charge in [-0.1, -0.05) is 6.07 Å². The minimum absolute atomic E-state index is 0.0156. The number of piperidine rings is 1. The van der Waals surface area contributed by atoms with E-state index in [9.17, 15) is 34.5 Å². The second-order valence-electron chi connectivity index (χ2n) is 10.3. The molecule has 0 bridgehead atoms. The maximum atomic E-state index is 12.8. The number of aryl methyl sites for hydroxylation is 1. The first-order valence-corrected chi connectivity index (χ1v) is 12.4. The molecule has 2 aliphatic heterocycles. The lowest BCUT2D eigenvalue weighted by molar-refractivity contribution is -0.172. The summed E-state index contributed by atoms with van der Waals surface area (Å²) in [5, 5.41) is 50.8. The first kappa shape index (κ1) is 28.3. The normalized spacial score (nSPS) is 29.0. The number of carbonyl (C=O) groups is 4. The van der Waals surface area contributed by atoms with E-state index in [4.69, 9.17) is 19.7 Å². The molecule has 13 nitrogen and oxygen atoms in total. The van der Waals surface area contributed by atoms with Crippen molar-refractivity contribution in [2.45, 2.75) is 74.9 Å². The number of hydrogen-bond acceptors (Lipinski definition) is 11. The number of esters is 2. The summed E-state index contributed by atoms with van der Waals surface area (Å²) >= 11 is 0. The molecule has 1 saturated heterocycles. The summed E-state index contributed by atoms with van der Waals surface area (Å²) in [7, 11) is 1.89. The van der Waals surface area contributed by atoms with Crippen LogP contribution in [0.5, 0.6) is 11.5 Å².